The van der Waals surface area contributed by atoms with E-state index in [0.717, 1.165) is 12.5 Å². The fourth-order valence-electron chi connectivity index (χ4n) is 2.01. The Hall–Kier alpha value is -0.860. The van der Waals surface area contributed by atoms with Crippen molar-refractivity contribution in [3.63, 3.8) is 0 Å². The number of nitrogens with two attached hydrogens (primary N) is 1. The predicted molar refractivity (Wildman–Crippen MR) is 68.4 cm³/mol. The van der Waals surface area contributed by atoms with E-state index in [1.165, 1.54) is 12.0 Å². The molecule has 0 spiro atoms. The molecule has 1 aliphatic carbocycles. The van der Waals surface area contributed by atoms with Crippen LogP contribution in [-0.4, -0.2) is 18.6 Å². The minimum Gasteiger partial charge on any atom is -0.328 e. The van der Waals surface area contributed by atoms with Gasteiger partial charge in [0, 0.05) is 18.0 Å². The molecule has 1 aliphatic rings. The average molecular weight is 218 g/mol. The summed E-state index contributed by atoms with van der Waals surface area (Å²) in [6.07, 6.45) is 1.27. The van der Waals surface area contributed by atoms with Crippen LogP contribution in [-0.2, 0) is 0 Å². The zero-order valence-electron chi connectivity index (χ0n) is 10.2. The maximum atomic E-state index is 5.85. The van der Waals surface area contributed by atoms with Crippen molar-refractivity contribution in [1.29, 1.82) is 0 Å². The Morgan fingerprint density at radius 2 is 2.00 bits per heavy atom. The number of benzene rings is 1. The van der Waals surface area contributed by atoms with E-state index in [0.29, 0.717) is 12.0 Å². The third-order valence-electron chi connectivity index (χ3n) is 3.62. The molecular formula is C14H22N2. The fourth-order valence-corrected chi connectivity index (χ4v) is 2.01. The molecule has 4 unspecified atom stereocenters. The smallest absolute Gasteiger partial charge is 0.0143 e. The lowest BCUT2D eigenvalue weighted by atomic mass is 10.1. The van der Waals surface area contributed by atoms with Gasteiger partial charge in [-0.2, -0.15) is 0 Å². The first-order valence-electron chi connectivity index (χ1n) is 6.22. The zero-order chi connectivity index (χ0) is 11.5. The van der Waals surface area contributed by atoms with Gasteiger partial charge >= 0.3 is 0 Å². The van der Waals surface area contributed by atoms with E-state index in [1.807, 2.05) is 0 Å². The van der Waals surface area contributed by atoms with Gasteiger partial charge in [0.1, 0.15) is 0 Å². The molecule has 0 aromatic heterocycles. The lowest BCUT2D eigenvalue weighted by molar-refractivity contribution is 0.442. The van der Waals surface area contributed by atoms with Crippen molar-refractivity contribution in [2.75, 3.05) is 6.54 Å². The van der Waals surface area contributed by atoms with Crippen molar-refractivity contribution in [2.45, 2.75) is 38.3 Å². The molecule has 1 saturated carbocycles. The van der Waals surface area contributed by atoms with Crippen molar-refractivity contribution in [1.82, 2.24) is 5.32 Å². The van der Waals surface area contributed by atoms with Crippen LogP contribution in [0.1, 0.15) is 31.7 Å². The third-order valence-corrected chi connectivity index (χ3v) is 3.62. The van der Waals surface area contributed by atoms with Crippen LogP contribution >= 0.6 is 0 Å². The normalized spacial score (nSPS) is 27.4. The van der Waals surface area contributed by atoms with Crippen molar-refractivity contribution < 1.29 is 0 Å². The number of hydrogen-bond acceptors (Lipinski definition) is 2. The van der Waals surface area contributed by atoms with Gasteiger partial charge in [0.25, 0.3) is 0 Å². The molecule has 0 heterocycles. The van der Waals surface area contributed by atoms with Crippen LogP contribution in [0.3, 0.4) is 0 Å². The second kappa shape index (κ2) is 4.98. The van der Waals surface area contributed by atoms with E-state index in [-0.39, 0.29) is 6.04 Å². The molecule has 0 saturated heterocycles. The molecule has 1 aromatic rings. The minimum absolute atomic E-state index is 0.279. The fraction of sp³-hybridized carbons (Fsp3) is 0.571. The van der Waals surface area contributed by atoms with Crippen LogP contribution in [0.2, 0.25) is 0 Å². The number of hydrogen-bond donors (Lipinski definition) is 2. The summed E-state index contributed by atoms with van der Waals surface area (Å²) in [5.74, 6) is 1.28. The molecule has 0 bridgehead atoms. The first-order chi connectivity index (χ1) is 7.68. The van der Waals surface area contributed by atoms with Gasteiger partial charge in [0.05, 0.1) is 0 Å². The van der Waals surface area contributed by atoms with E-state index in [2.05, 4.69) is 49.5 Å². The summed E-state index contributed by atoms with van der Waals surface area (Å²) in [6, 6.07) is 11.7. The van der Waals surface area contributed by atoms with Crippen molar-refractivity contribution >= 4 is 0 Å². The van der Waals surface area contributed by atoms with Gasteiger partial charge in [0.2, 0.25) is 0 Å². The Kier molecular flexibility index (Phi) is 3.62. The molecule has 0 amide bonds. The van der Waals surface area contributed by atoms with E-state index in [9.17, 15) is 0 Å². The standard InChI is InChI=1S/C14H22N2/c1-10(11(2)15)9-16-14-8-13(14)12-6-4-3-5-7-12/h3-7,10-11,13-14,16H,8-9,15H2,1-2H3. The highest BCUT2D eigenvalue weighted by atomic mass is 15.0. The highest BCUT2D eigenvalue weighted by molar-refractivity contribution is 5.27. The van der Waals surface area contributed by atoms with Crippen molar-refractivity contribution in [2.24, 2.45) is 11.7 Å². The lowest BCUT2D eigenvalue weighted by Gasteiger charge is -2.16. The summed E-state index contributed by atoms with van der Waals surface area (Å²) >= 11 is 0. The first kappa shape index (κ1) is 11.6. The van der Waals surface area contributed by atoms with Gasteiger partial charge < -0.3 is 11.1 Å². The molecule has 3 N–H and O–H groups in total. The summed E-state index contributed by atoms with van der Waals surface area (Å²) in [4.78, 5) is 0. The van der Waals surface area contributed by atoms with Gasteiger partial charge in [-0.05, 0) is 31.4 Å². The van der Waals surface area contributed by atoms with Crippen LogP contribution in [0.5, 0.6) is 0 Å². The summed E-state index contributed by atoms with van der Waals surface area (Å²) in [7, 11) is 0. The second-order valence-corrected chi connectivity index (χ2v) is 5.10. The topological polar surface area (TPSA) is 38.0 Å². The Balaban J connectivity index is 1.76. The first-order valence-corrected chi connectivity index (χ1v) is 6.22. The molecule has 16 heavy (non-hydrogen) atoms. The molecule has 0 aliphatic heterocycles. The Labute approximate surface area is 98.2 Å². The molecule has 1 aromatic carbocycles. The van der Waals surface area contributed by atoms with E-state index in [4.69, 9.17) is 5.73 Å². The maximum Gasteiger partial charge on any atom is 0.0143 e. The van der Waals surface area contributed by atoms with Gasteiger partial charge in [-0.3, -0.25) is 0 Å². The molecule has 88 valence electrons. The summed E-state index contributed by atoms with van der Waals surface area (Å²) in [6.45, 7) is 5.32. The number of nitrogens with one attached hydrogen (secondary N) is 1. The van der Waals surface area contributed by atoms with Crippen molar-refractivity contribution in [3.8, 4) is 0 Å². The van der Waals surface area contributed by atoms with Crippen LogP contribution in [0.4, 0.5) is 0 Å². The largest absolute Gasteiger partial charge is 0.328 e. The number of rotatable bonds is 5. The van der Waals surface area contributed by atoms with Crippen molar-refractivity contribution in [3.05, 3.63) is 35.9 Å². The highest BCUT2D eigenvalue weighted by Gasteiger charge is 2.37. The highest BCUT2D eigenvalue weighted by Crippen LogP contribution is 2.40. The quantitative estimate of drug-likeness (QED) is 0.794. The second-order valence-electron chi connectivity index (χ2n) is 5.10. The van der Waals surface area contributed by atoms with Gasteiger partial charge in [-0.15, -0.1) is 0 Å². The summed E-state index contributed by atoms with van der Waals surface area (Å²) in [5, 5.41) is 3.61. The molecule has 2 rings (SSSR count). The van der Waals surface area contributed by atoms with Gasteiger partial charge in [0.15, 0.2) is 0 Å². The van der Waals surface area contributed by atoms with E-state index >= 15 is 0 Å². The monoisotopic (exact) mass is 218 g/mol. The Bertz CT molecular complexity index is 321. The SMILES string of the molecule is CC(N)C(C)CNC1CC1c1ccccc1. The molecule has 4 atom stereocenters. The van der Waals surface area contributed by atoms with Gasteiger partial charge in [-0.25, -0.2) is 0 Å². The van der Waals surface area contributed by atoms with Crippen LogP contribution in [0.15, 0.2) is 30.3 Å². The van der Waals surface area contributed by atoms with E-state index in [1.54, 1.807) is 0 Å². The van der Waals surface area contributed by atoms with Crippen LogP contribution in [0, 0.1) is 5.92 Å². The molecule has 0 radical (unpaired) electrons. The lowest BCUT2D eigenvalue weighted by Crippen LogP contribution is -2.34. The molecular weight excluding hydrogens is 196 g/mol. The molecule has 2 nitrogen and oxygen atoms in total. The predicted octanol–water partition coefficient (Wildman–Crippen LogP) is 2.12. The Morgan fingerprint density at radius 3 is 2.62 bits per heavy atom. The zero-order valence-corrected chi connectivity index (χ0v) is 10.2. The summed E-state index contributed by atoms with van der Waals surface area (Å²) < 4.78 is 0. The minimum atomic E-state index is 0.279. The van der Waals surface area contributed by atoms with E-state index < -0.39 is 0 Å². The Morgan fingerprint density at radius 1 is 1.31 bits per heavy atom. The maximum absolute atomic E-state index is 5.85. The summed E-state index contributed by atoms with van der Waals surface area (Å²) in [5.41, 5.74) is 7.31. The molecule has 1 fully saturated rings. The third kappa shape index (κ3) is 2.83. The van der Waals surface area contributed by atoms with Crippen LogP contribution < -0.4 is 11.1 Å². The van der Waals surface area contributed by atoms with Gasteiger partial charge in [-0.1, -0.05) is 37.3 Å². The van der Waals surface area contributed by atoms with Crippen LogP contribution in [0.25, 0.3) is 0 Å². The average Bonchev–Trinajstić information content (AvgIpc) is 3.06. The molecule has 2 heteroatoms.